The van der Waals surface area contributed by atoms with E-state index in [1.54, 1.807) is 12.1 Å². The highest BCUT2D eigenvalue weighted by atomic mass is 16.6. The average molecular weight is 281 g/mol. The zero-order chi connectivity index (χ0) is 14.6. The lowest BCUT2D eigenvalue weighted by atomic mass is 9.92. The van der Waals surface area contributed by atoms with Crippen LogP contribution in [-0.4, -0.2) is 22.9 Å². The number of hydrogen-bond donors (Lipinski definition) is 2. The highest BCUT2D eigenvalue weighted by molar-refractivity contribution is 6.15. The number of ether oxygens (including phenoxy) is 1. The Hall–Kier alpha value is -2.66. The predicted octanol–water partition coefficient (Wildman–Crippen LogP) is 1.82. The van der Waals surface area contributed by atoms with E-state index in [0.717, 1.165) is 0 Å². The zero-order valence-electron chi connectivity index (χ0n) is 10.9. The lowest BCUT2D eigenvalue weighted by Gasteiger charge is -2.02. The maximum Gasteiger partial charge on any atom is 0.264 e. The summed E-state index contributed by atoms with van der Waals surface area (Å²) in [6.07, 6.45) is -0.814. The number of para-hydroxylation sites is 1. The molecule has 2 heterocycles. The monoisotopic (exact) mass is 281 g/mol. The maximum absolute atomic E-state index is 12.4. The van der Waals surface area contributed by atoms with E-state index in [1.165, 1.54) is 24.3 Å². The van der Waals surface area contributed by atoms with Gasteiger partial charge in [-0.05, 0) is 30.3 Å². The van der Waals surface area contributed by atoms with Gasteiger partial charge in [-0.25, -0.2) is 0 Å². The van der Waals surface area contributed by atoms with Crippen molar-refractivity contribution < 1.29 is 19.4 Å². The molecular formula is C16H11NO4. The number of Topliss-reactive ketones (excluding diaryl/α,β-unsaturated/α-hetero) is 1. The van der Waals surface area contributed by atoms with Crippen LogP contribution in [0.15, 0.2) is 48.5 Å². The summed E-state index contributed by atoms with van der Waals surface area (Å²) in [6.45, 7) is 0. The fourth-order valence-electron chi connectivity index (χ4n) is 2.80. The van der Waals surface area contributed by atoms with Gasteiger partial charge >= 0.3 is 0 Å². The lowest BCUT2D eigenvalue weighted by molar-refractivity contribution is -0.120. The van der Waals surface area contributed by atoms with Crippen LogP contribution in [0.3, 0.4) is 0 Å². The molecule has 2 atom stereocenters. The van der Waals surface area contributed by atoms with E-state index in [0.29, 0.717) is 16.8 Å². The largest absolute Gasteiger partial charge is 0.508 e. The van der Waals surface area contributed by atoms with Gasteiger partial charge in [0, 0.05) is 16.8 Å². The fourth-order valence-corrected chi connectivity index (χ4v) is 2.80. The van der Waals surface area contributed by atoms with Crippen LogP contribution in [0, 0.1) is 0 Å². The van der Waals surface area contributed by atoms with Crippen LogP contribution in [0.4, 0.5) is 5.69 Å². The molecule has 2 aliphatic heterocycles. The highest BCUT2D eigenvalue weighted by Gasteiger charge is 2.70. The molecule has 0 bridgehead atoms. The van der Waals surface area contributed by atoms with Crippen molar-refractivity contribution in [3.05, 3.63) is 59.7 Å². The van der Waals surface area contributed by atoms with Gasteiger partial charge in [0.15, 0.2) is 11.9 Å². The molecule has 1 saturated heterocycles. The highest BCUT2D eigenvalue weighted by Crippen LogP contribution is 2.54. The van der Waals surface area contributed by atoms with Gasteiger partial charge in [-0.2, -0.15) is 0 Å². The molecule has 104 valence electrons. The Bertz CT molecular complexity index is 768. The van der Waals surface area contributed by atoms with Gasteiger partial charge in [-0.3, -0.25) is 9.59 Å². The van der Waals surface area contributed by atoms with Crippen LogP contribution in [0.25, 0.3) is 0 Å². The summed E-state index contributed by atoms with van der Waals surface area (Å²) in [4.78, 5) is 24.6. The predicted molar refractivity (Wildman–Crippen MR) is 74.1 cm³/mol. The van der Waals surface area contributed by atoms with Gasteiger partial charge in [0.05, 0.1) is 0 Å². The van der Waals surface area contributed by atoms with Gasteiger partial charge in [-0.1, -0.05) is 18.2 Å². The number of carbonyl (C=O) groups is 2. The quantitative estimate of drug-likeness (QED) is 0.650. The van der Waals surface area contributed by atoms with Crippen LogP contribution in [-0.2, 0) is 15.1 Å². The molecule has 2 aliphatic rings. The number of nitrogens with one attached hydrogen (secondary N) is 1. The molecule has 2 aromatic rings. The number of phenolic OH excluding ortho intramolecular Hbond substituents is 1. The lowest BCUT2D eigenvalue weighted by Crippen LogP contribution is -2.27. The second-order valence-electron chi connectivity index (χ2n) is 5.14. The Morgan fingerprint density at radius 3 is 2.62 bits per heavy atom. The van der Waals surface area contributed by atoms with Crippen molar-refractivity contribution in [3.63, 3.8) is 0 Å². The minimum atomic E-state index is -1.19. The van der Waals surface area contributed by atoms with E-state index in [9.17, 15) is 14.7 Å². The molecule has 21 heavy (non-hydrogen) atoms. The number of fused-ring (bicyclic) bond motifs is 2. The normalized spacial score (nSPS) is 25.5. The van der Waals surface area contributed by atoms with Crippen LogP contribution >= 0.6 is 0 Å². The van der Waals surface area contributed by atoms with E-state index in [-0.39, 0.29) is 17.4 Å². The van der Waals surface area contributed by atoms with Gasteiger partial charge in [0.1, 0.15) is 5.75 Å². The zero-order valence-corrected chi connectivity index (χ0v) is 10.9. The average Bonchev–Trinajstić information content (AvgIpc) is 3.18. The van der Waals surface area contributed by atoms with Crippen molar-refractivity contribution in [1.29, 1.82) is 0 Å². The molecule has 5 heteroatoms. The Morgan fingerprint density at radius 2 is 1.86 bits per heavy atom. The third kappa shape index (κ3) is 1.55. The maximum atomic E-state index is 12.4. The fraction of sp³-hybridized carbons (Fsp3) is 0.125. The molecular weight excluding hydrogens is 270 g/mol. The molecule has 1 fully saturated rings. The SMILES string of the molecule is O=C(c1ccc(O)cc1)[C@H]1O[C@]12C(=O)Nc1ccccc12. The van der Waals surface area contributed by atoms with Crippen molar-refractivity contribution in [3.8, 4) is 5.75 Å². The minimum Gasteiger partial charge on any atom is -0.508 e. The summed E-state index contributed by atoms with van der Waals surface area (Å²) in [5.74, 6) is -0.482. The Kier molecular flexibility index (Phi) is 2.26. The van der Waals surface area contributed by atoms with E-state index < -0.39 is 11.7 Å². The topological polar surface area (TPSA) is 78.9 Å². The number of ketones is 1. The molecule has 1 amide bonds. The van der Waals surface area contributed by atoms with E-state index in [4.69, 9.17) is 4.74 Å². The van der Waals surface area contributed by atoms with Crippen LogP contribution < -0.4 is 5.32 Å². The second-order valence-corrected chi connectivity index (χ2v) is 5.14. The number of phenols is 1. The third-order valence-electron chi connectivity index (χ3n) is 3.92. The minimum absolute atomic E-state index is 0.0851. The number of aromatic hydroxyl groups is 1. The first-order valence-corrected chi connectivity index (χ1v) is 6.55. The first kappa shape index (κ1) is 12.1. The summed E-state index contributed by atoms with van der Waals surface area (Å²) >= 11 is 0. The molecule has 0 radical (unpaired) electrons. The molecule has 2 aromatic carbocycles. The third-order valence-corrected chi connectivity index (χ3v) is 3.92. The summed E-state index contributed by atoms with van der Waals surface area (Å²) in [5, 5.41) is 12.0. The van der Waals surface area contributed by atoms with Crippen molar-refractivity contribution in [2.24, 2.45) is 0 Å². The van der Waals surface area contributed by atoms with Gasteiger partial charge in [0.2, 0.25) is 5.60 Å². The molecule has 2 N–H and O–H groups in total. The summed E-state index contributed by atoms with van der Waals surface area (Å²) in [5.41, 5.74) is 0.605. The molecule has 0 aliphatic carbocycles. The van der Waals surface area contributed by atoms with Crippen LogP contribution in [0.2, 0.25) is 0 Å². The van der Waals surface area contributed by atoms with Crippen molar-refractivity contribution in [2.75, 3.05) is 5.32 Å². The van der Waals surface area contributed by atoms with Gasteiger partial charge in [-0.15, -0.1) is 0 Å². The van der Waals surface area contributed by atoms with Gasteiger partial charge in [0.25, 0.3) is 5.91 Å². The number of hydrogen-bond acceptors (Lipinski definition) is 4. The van der Waals surface area contributed by atoms with E-state index in [2.05, 4.69) is 5.32 Å². The molecule has 5 nitrogen and oxygen atoms in total. The first-order chi connectivity index (χ1) is 10.1. The van der Waals surface area contributed by atoms with Crippen molar-refractivity contribution in [2.45, 2.75) is 11.7 Å². The van der Waals surface area contributed by atoms with Gasteiger partial charge < -0.3 is 15.2 Å². The number of carbonyl (C=O) groups excluding carboxylic acids is 2. The van der Waals surface area contributed by atoms with Crippen LogP contribution in [0.5, 0.6) is 5.75 Å². The second kappa shape index (κ2) is 3.93. The van der Waals surface area contributed by atoms with E-state index >= 15 is 0 Å². The Labute approximate surface area is 120 Å². The molecule has 1 spiro atoms. The number of amides is 1. The molecule has 0 aromatic heterocycles. The van der Waals surface area contributed by atoms with Crippen molar-refractivity contribution >= 4 is 17.4 Å². The number of benzene rings is 2. The Morgan fingerprint density at radius 1 is 1.14 bits per heavy atom. The molecule has 4 rings (SSSR count). The van der Waals surface area contributed by atoms with Crippen molar-refractivity contribution in [1.82, 2.24) is 0 Å². The standard InChI is InChI=1S/C16H11NO4/c18-10-7-5-9(6-8-10)13(19)14-16(21-14)11-3-1-2-4-12(11)17-15(16)20/h1-8,14,18H,(H,17,20)/t14-,16+/m1/s1. The summed E-state index contributed by atoms with van der Waals surface area (Å²) in [6, 6.07) is 13.1. The summed E-state index contributed by atoms with van der Waals surface area (Å²) in [7, 11) is 0. The first-order valence-electron chi connectivity index (χ1n) is 6.55. The number of anilines is 1. The summed E-state index contributed by atoms with van der Waals surface area (Å²) < 4.78 is 5.53. The van der Waals surface area contributed by atoms with Crippen LogP contribution in [0.1, 0.15) is 15.9 Å². The number of epoxide rings is 1. The van der Waals surface area contributed by atoms with E-state index in [1.807, 2.05) is 12.1 Å². The smallest absolute Gasteiger partial charge is 0.264 e. The molecule has 0 saturated carbocycles. The number of rotatable bonds is 2. The molecule has 0 unspecified atom stereocenters. The Balaban J connectivity index is 1.70.